The number of ether oxygens (including phenoxy) is 2. The van der Waals surface area contributed by atoms with Gasteiger partial charge >= 0.3 is 0 Å². The third-order valence-electron chi connectivity index (χ3n) is 7.60. The van der Waals surface area contributed by atoms with E-state index in [1.54, 1.807) is 42.5 Å². The summed E-state index contributed by atoms with van der Waals surface area (Å²) < 4.78 is 56.0. The van der Waals surface area contributed by atoms with Crippen molar-refractivity contribution in [2.24, 2.45) is 5.92 Å². The van der Waals surface area contributed by atoms with Crippen molar-refractivity contribution in [2.75, 3.05) is 13.2 Å². The zero-order valence-corrected chi connectivity index (χ0v) is 23.3. The van der Waals surface area contributed by atoms with Gasteiger partial charge in [0.15, 0.2) is 11.6 Å². The van der Waals surface area contributed by atoms with Crippen molar-refractivity contribution < 1.29 is 22.6 Å². The molecule has 4 rings (SSSR count). The van der Waals surface area contributed by atoms with E-state index in [2.05, 4.69) is 13.5 Å². The minimum absolute atomic E-state index is 0.149. The van der Waals surface area contributed by atoms with Crippen LogP contribution >= 0.6 is 0 Å². The van der Waals surface area contributed by atoms with E-state index in [4.69, 9.17) is 9.47 Å². The van der Waals surface area contributed by atoms with Gasteiger partial charge in [-0.3, -0.25) is 0 Å². The second kappa shape index (κ2) is 14.8. The van der Waals surface area contributed by atoms with Crippen molar-refractivity contribution in [2.45, 2.75) is 64.2 Å². The van der Waals surface area contributed by atoms with E-state index < -0.39 is 11.6 Å². The predicted octanol–water partition coefficient (Wildman–Crippen LogP) is 10.3. The smallest absolute Gasteiger partial charge is 0.167 e. The SMILES string of the molecule is C=CCCCOc1ccc(C2CCC(/C=C/c3ccc(-c4ccc(OCCCC)cc4)c(F)c3F)CC2)c(F)c1. The molecule has 0 unspecified atom stereocenters. The summed E-state index contributed by atoms with van der Waals surface area (Å²) in [5, 5.41) is 0. The monoisotopic (exact) mass is 548 g/mol. The van der Waals surface area contributed by atoms with E-state index in [1.807, 2.05) is 24.3 Å². The molecule has 1 saturated carbocycles. The van der Waals surface area contributed by atoms with Gasteiger partial charge in [0, 0.05) is 17.2 Å². The molecule has 0 spiro atoms. The molecule has 0 heterocycles. The molecule has 212 valence electrons. The van der Waals surface area contributed by atoms with Gasteiger partial charge in [-0.2, -0.15) is 0 Å². The fourth-order valence-electron chi connectivity index (χ4n) is 5.19. The topological polar surface area (TPSA) is 18.5 Å². The van der Waals surface area contributed by atoms with Crippen LogP contribution in [0.3, 0.4) is 0 Å². The molecule has 0 saturated heterocycles. The Bertz CT molecular complexity index is 1270. The molecular formula is C35H39F3O2. The van der Waals surface area contributed by atoms with Gasteiger partial charge in [-0.1, -0.05) is 61.9 Å². The highest BCUT2D eigenvalue weighted by Gasteiger charge is 2.24. The van der Waals surface area contributed by atoms with Crippen LogP contribution in [0.2, 0.25) is 0 Å². The van der Waals surface area contributed by atoms with Crippen molar-refractivity contribution in [3.8, 4) is 22.6 Å². The summed E-state index contributed by atoms with van der Waals surface area (Å²) in [6, 6.07) is 15.5. The summed E-state index contributed by atoms with van der Waals surface area (Å²) in [5.41, 5.74) is 1.79. The highest BCUT2D eigenvalue weighted by molar-refractivity contribution is 5.67. The van der Waals surface area contributed by atoms with Crippen LogP contribution in [0.15, 0.2) is 73.3 Å². The lowest BCUT2D eigenvalue weighted by Crippen LogP contribution is -2.13. The van der Waals surface area contributed by atoms with E-state index in [1.165, 1.54) is 6.07 Å². The molecule has 0 radical (unpaired) electrons. The first-order valence-electron chi connectivity index (χ1n) is 14.4. The van der Waals surface area contributed by atoms with Crippen LogP contribution in [-0.2, 0) is 0 Å². The largest absolute Gasteiger partial charge is 0.494 e. The van der Waals surface area contributed by atoms with Crippen molar-refractivity contribution in [3.63, 3.8) is 0 Å². The van der Waals surface area contributed by atoms with Crippen molar-refractivity contribution in [3.05, 3.63) is 102 Å². The Hall–Kier alpha value is -3.47. The van der Waals surface area contributed by atoms with Crippen LogP contribution in [0, 0.1) is 23.4 Å². The average Bonchev–Trinajstić information content (AvgIpc) is 2.97. The summed E-state index contributed by atoms with van der Waals surface area (Å²) in [7, 11) is 0. The summed E-state index contributed by atoms with van der Waals surface area (Å²) in [5.74, 6) is -0.262. The number of halogens is 3. The summed E-state index contributed by atoms with van der Waals surface area (Å²) in [6.07, 6.45) is 12.7. The van der Waals surface area contributed by atoms with Crippen molar-refractivity contribution in [1.82, 2.24) is 0 Å². The molecule has 1 fully saturated rings. The first kappa shape index (κ1) is 29.5. The molecule has 0 amide bonds. The van der Waals surface area contributed by atoms with Gasteiger partial charge in [-0.25, -0.2) is 13.2 Å². The number of benzene rings is 3. The van der Waals surface area contributed by atoms with Gasteiger partial charge in [0.1, 0.15) is 17.3 Å². The van der Waals surface area contributed by atoms with Crippen LogP contribution in [0.1, 0.15) is 75.3 Å². The van der Waals surface area contributed by atoms with Gasteiger partial charge in [0.2, 0.25) is 0 Å². The average molecular weight is 549 g/mol. The van der Waals surface area contributed by atoms with Gasteiger partial charge < -0.3 is 9.47 Å². The van der Waals surface area contributed by atoms with Crippen LogP contribution in [0.4, 0.5) is 13.2 Å². The maximum Gasteiger partial charge on any atom is 0.167 e. The van der Waals surface area contributed by atoms with Gasteiger partial charge in [-0.05, 0) is 86.1 Å². The Morgan fingerprint density at radius 1 is 0.825 bits per heavy atom. The number of hydrogen-bond donors (Lipinski definition) is 0. The van der Waals surface area contributed by atoms with E-state index in [0.29, 0.717) is 24.5 Å². The van der Waals surface area contributed by atoms with Crippen molar-refractivity contribution in [1.29, 1.82) is 0 Å². The molecule has 0 aliphatic heterocycles. The Kier molecular flexibility index (Phi) is 10.9. The Morgan fingerprint density at radius 2 is 1.52 bits per heavy atom. The van der Waals surface area contributed by atoms with Gasteiger partial charge in [0.05, 0.1) is 13.2 Å². The van der Waals surface area contributed by atoms with E-state index in [-0.39, 0.29) is 28.8 Å². The second-order valence-corrected chi connectivity index (χ2v) is 10.5. The van der Waals surface area contributed by atoms with Crippen LogP contribution in [0.25, 0.3) is 17.2 Å². The normalized spacial score (nSPS) is 17.2. The molecule has 3 aromatic carbocycles. The van der Waals surface area contributed by atoms with Gasteiger partial charge in [0.25, 0.3) is 0 Å². The van der Waals surface area contributed by atoms with E-state index >= 15 is 0 Å². The first-order chi connectivity index (χ1) is 19.5. The lowest BCUT2D eigenvalue weighted by Gasteiger charge is -2.27. The third-order valence-corrected chi connectivity index (χ3v) is 7.60. The highest BCUT2D eigenvalue weighted by Crippen LogP contribution is 2.38. The van der Waals surface area contributed by atoms with Crippen LogP contribution in [0.5, 0.6) is 11.5 Å². The minimum Gasteiger partial charge on any atom is -0.494 e. The molecule has 40 heavy (non-hydrogen) atoms. The molecule has 3 aromatic rings. The predicted molar refractivity (Wildman–Crippen MR) is 157 cm³/mol. The molecule has 1 aliphatic carbocycles. The molecule has 5 heteroatoms. The lowest BCUT2D eigenvalue weighted by atomic mass is 9.78. The molecular weight excluding hydrogens is 509 g/mol. The van der Waals surface area contributed by atoms with E-state index in [9.17, 15) is 13.2 Å². The zero-order chi connectivity index (χ0) is 28.3. The molecule has 0 atom stereocenters. The maximum atomic E-state index is 15.0. The standard InChI is InChI=1S/C35H39F3O2/c1-3-5-7-23-40-30-19-21-31(33(36)24-30)26-11-8-25(9-12-26)10-13-28-16-20-32(35(38)34(28)37)27-14-17-29(18-15-27)39-22-6-4-2/h3,10,13-21,24-26H,1,4-9,11-12,22-23H2,2H3/b13-10+. The third kappa shape index (κ3) is 7.80. The number of hydrogen-bond acceptors (Lipinski definition) is 2. The van der Waals surface area contributed by atoms with E-state index in [0.717, 1.165) is 62.7 Å². The fourth-order valence-corrected chi connectivity index (χ4v) is 5.19. The summed E-state index contributed by atoms with van der Waals surface area (Å²) >= 11 is 0. The molecule has 0 bridgehead atoms. The Balaban J connectivity index is 1.32. The first-order valence-corrected chi connectivity index (χ1v) is 14.4. The molecule has 0 aromatic heterocycles. The van der Waals surface area contributed by atoms with Crippen molar-refractivity contribution >= 4 is 6.08 Å². The minimum atomic E-state index is -0.853. The van der Waals surface area contributed by atoms with Crippen LogP contribution < -0.4 is 9.47 Å². The highest BCUT2D eigenvalue weighted by atomic mass is 19.2. The number of rotatable bonds is 13. The Labute approximate surface area is 236 Å². The van der Waals surface area contributed by atoms with Crippen LogP contribution in [-0.4, -0.2) is 13.2 Å². The fraction of sp³-hybridized carbons (Fsp3) is 0.371. The zero-order valence-electron chi connectivity index (χ0n) is 23.3. The molecule has 0 N–H and O–H groups in total. The Morgan fingerprint density at radius 3 is 2.23 bits per heavy atom. The summed E-state index contributed by atoms with van der Waals surface area (Å²) in [4.78, 5) is 0. The number of unbranched alkanes of at least 4 members (excludes halogenated alkanes) is 2. The second-order valence-electron chi connectivity index (χ2n) is 10.5. The molecule has 2 nitrogen and oxygen atoms in total. The number of allylic oxidation sites excluding steroid dienone is 2. The lowest BCUT2D eigenvalue weighted by molar-refractivity contribution is 0.309. The summed E-state index contributed by atoms with van der Waals surface area (Å²) in [6.45, 7) is 6.96. The maximum absolute atomic E-state index is 15.0. The molecule has 1 aliphatic rings. The van der Waals surface area contributed by atoms with Gasteiger partial charge in [-0.15, -0.1) is 6.58 Å². The quantitative estimate of drug-likeness (QED) is 0.156.